The number of hydrogen-bond acceptors (Lipinski definition) is 5. The van der Waals surface area contributed by atoms with Crippen LogP contribution in [-0.4, -0.2) is 36.3 Å². The van der Waals surface area contributed by atoms with Crippen LogP contribution in [0.1, 0.15) is 5.69 Å². The predicted molar refractivity (Wildman–Crippen MR) is 100 cm³/mol. The largest absolute Gasteiger partial charge is 0.506 e. The van der Waals surface area contributed by atoms with Crippen LogP contribution < -0.4 is 9.80 Å². The van der Waals surface area contributed by atoms with Gasteiger partial charge in [0.2, 0.25) is 0 Å². The molecule has 1 aliphatic heterocycles. The van der Waals surface area contributed by atoms with Gasteiger partial charge in [-0.15, -0.1) is 11.3 Å². The first-order valence-electron chi connectivity index (χ1n) is 8.13. The first-order valence-corrected chi connectivity index (χ1v) is 9.95. The lowest BCUT2D eigenvalue weighted by molar-refractivity contribution is -0.914. The summed E-state index contributed by atoms with van der Waals surface area (Å²) in [6, 6.07) is 9.73. The normalized spacial score (nSPS) is 15.8. The minimum absolute atomic E-state index is 0.376. The second-order valence-electron chi connectivity index (χ2n) is 6.06. The number of aromatic nitrogens is 1. The summed E-state index contributed by atoms with van der Waals surface area (Å²) < 4.78 is 0. The van der Waals surface area contributed by atoms with E-state index in [0.717, 1.165) is 43.4 Å². The van der Waals surface area contributed by atoms with E-state index in [2.05, 4.69) is 27.1 Å². The lowest BCUT2D eigenvalue weighted by Crippen LogP contribution is -3.13. The molecule has 1 aliphatic rings. The maximum Gasteiger partial charge on any atom is 0.138 e. The molecule has 4 rings (SSSR count). The van der Waals surface area contributed by atoms with Crippen LogP contribution in [0, 0.1) is 0 Å². The van der Waals surface area contributed by atoms with Crippen molar-refractivity contribution in [1.82, 2.24) is 4.98 Å². The SMILES string of the molecule is Oc1ccccc1N1CC[NH+](Cc2csc(-c3ccsc3)n2)CC1. The van der Waals surface area contributed by atoms with Gasteiger partial charge in [0.1, 0.15) is 23.0 Å². The van der Waals surface area contributed by atoms with Crippen LogP contribution in [0.25, 0.3) is 10.6 Å². The molecule has 3 heterocycles. The molecule has 0 saturated carbocycles. The van der Waals surface area contributed by atoms with E-state index in [1.807, 2.05) is 18.2 Å². The van der Waals surface area contributed by atoms with Crippen LogP contribution in [0.4, 0.5) is 5.69 Å². The maximum absolute atomic E-state index is 10.0. The van der Waals surface area contributed by atoms with Crippen molar-refractivity contribution in [2.45, 2.75) is 6.54 Å². The Kier molecular flexibility index (Phi) is 4.51. The lowest BCUT2D eigenvalue weighted by atomic mass is 10.2. The molecule has 3 aromatic rings. The number of phenolic OH excluding ortho intramolecular Hbond substituents is 1. The lowest BCUT2D eigenvalue weighted by Gasteiger charge is -2.33. The molecule has 0 radical (unpaired) electrons. The van der Waals surface area contributed by atoms with Crippen LogP contribution in [0.5, 0.6) is 5.75 Å². The van der Waals surface area contributed by atoms with Crippen molar-refractivity contribution in [3.05, 3.63) is 52.2 Å². The van der Waals surface area contributed by atoms with Gasteiger partial charge < -0.3 is 14.9 Å². The Morgan fingerprint density at radius 1 is 1.12 bits per heavy atom. The number of piperazine rings is 1. The number of nitrogens with zero attached hydrogens (tertiary/aromatic N) is 2. The number of aromatic hydroxyl groups is 1. The number of para-hydroxylation sites is 2. The molecule has 1 aromatic carbocycles. The molecule has 0 spiro atoms. The number of phenols is 1. The summed E-state index contributed by atoms with van der Waals surface area (Å²) in [6.07, 6.45) is 0. The molecule has 6 heteroatoms. The van der Waals surface area contributed by atoms with E-state index < -0.39 is 0 Å². The zero-order valence-electron chi connectivity index (χ0n) is 13.3. The molecule has 0 amide bonds. The summed E-state index contributed by atoms with van der Waals surface area (Å²) in [7, 11) is 0. The van der Waals surface area contributed by atoms with Crippen molar-refractivity contribution in [3.63, 3.8) is 0 Å². The molecule has 2 N–H and O–H groups in total. The molecule has 0 atom stereocenters. The number of rotatable bonds is 4. The number of thiophene rings is 1. The Balaban J connectivity index is 1.36. The zero-order valence-corrected chi connectivity index (χ0v) is 14.9. The highest BCUT2D eigenvalue weighted by Gasteiger charge is 2.22. The van der Waals surface area contributed by atoms with E-state index in [4.69, 9.17) is 4.98 Å². The van der Waals surface area contributed by atoms with E-state index in [1.54, 1.807) is 33.6 Å². The third-order valence-electron chi connectivity index (χ3n) is 4.44. The number of quaternary nitrogens is 1. The van der Waals surface area contributed by atoms with E-state index >= 15 is 0 Å². The summed E-state index contributed by atoms with van der Waals surface area (Å²) in [5, 5.41) is 17.6. The standard InChI is InChI=1S/C18H19N3OS2/c22-17-4-2-1-3-16(17)21-8-6-20(7-9-21)11-15-13-24-18(19-15)14-5-10-23-12-14/h1-5,10,12-13,22H,6-9,11H2/p+1. The van der Waals surface area contributed by atoms with Gasteiger partial charge in [-0.05, 0) is 23.6 Å². The Morgan fingerprint density at radius 2 is 1.96 bits per heavy atom. The fraction of sp³-hybridized carbons (Fsp3) is 0.278. The van der Waals surface area contributed by atoms with Crippen molar-refractivity contribution in [1.29, 1.82) is 0 Å². The van der Waals surface area contributed by atoms with Crippen LogP contribution in [0.3, 0.4) is 0 Å². The maximum atomic E-state index is 10.0. The van der Waals surface area contributed by atoms with Crippen LogP contribution >= 0.6 is 22.7 Å². The average Bonchev–Trinajstić information content (AvgIpc) is 3.27. The van der Waals surface area contributed by atoms with Crippen molar-refractivity contribution < 1.29 is 10.0 Å². The van der Waals surface area contributed by atoms with E-state index in [-0.39, 0.29) is 0 Å². The second-order valence-corrected chi connectivity index (χ2v) is 7.70. The molecule has 4 nitrogen and oxygen atoms in total. The van der Waals surface area contributed by atoms with E-state index in [1.165, 1.54) is 11.3 Å². The van der Waals surface area contributed by atoms with Crippen LogP contribution in [0.2, 0.25) is 0 Å². The van der Waals surface area contributed by atoms with Gasteiger partial charge in [-0.25, -0.2) is 4.98 Å². The third kappa shape index (κ3) is 3.31. The highest BCUT2D eigenvalue weighted by molar-refractivity contribution is 7.14. The van der Waals surface area contributed by atoms with Crippen molar-refractivity contribution in [2.24, 2.45) is 0 Å². The molecule has 124 valence electrons. The number of thiazole rings is 1. The van der Waals surface area contributed by atoms with Gasteiger partial charge in [-0.3, -0.25) is 0 Å². The molecule has 0 aliphatic carbocycles. The molecule has 1 saturated heterocycles. The molecule has 0 bridgehead atoms. The Bertz CT molecular complexity index is 792. The van der Waals surface area contributed by atoms with Gasteiger partial charge in [-0.2, -0.15) is 11.3 Å². The summed E-state index contributed by atoms with van der Waals surface area (Å²) in [5.41, 5.74) is 3.37. The first kappa shape index (κ1) is 15.6. The van der Waals surface area contributed by atoms with Crippen LogP contribution in [0.15, 0.2) is 46.5 Å². The van der Waals surface area contributed by atoms with Gasteiger partial charge >= 0.3 is 0 Å². The van der Waals surface area contributed by atoms with E-state index in [9.17, 15) is 5.11 Å². The average molecular weight is 359 g/mol. The molecular weight excluding hydrogens is 338 g/mol. The third-order valence-corrected chi connectivity index (χ3v) is 6.07. The summed E-state index contributed by atoms with van der Waals surface area (Å²) in [5.74, 6) is 0.376. The Morgan fingerprint density at radius 3 is 2.71 bits per heavy atom. The predicted octanol–water partition coefficient (Wildman–Crippen LogP) is 2.48. The summed E-state index contributed by atoms with van der Waals surface area (Å²) >= 11 is 3.45. The van der Waals surface area contributed by atoms with E-state index in [0.29, 0.717) is 5.75 Å². The molecule has 24 heavy (non-hydrogen) atoms. The smallest absolute Gasteiger partial charge is 0.138 e. The summed E-state index contributed by atoms with van der Waals surface area (Å²) in [4.78, 5) is 8.62. The topological polar surface area (TPSA) is 40.8 Å². The number of nitrogens with one attached hydrogen (secondary N) is 1. The van der Waals surface area contributed by atoms with Gasteiger partial charge in [0, 0.05) is 16.3 Å². The molecular formula is C18H20N3OS2+. The first-order chi connectivity index (χ1) is 11.8. The van der Waals surface area contributed by atoms with Crippen molar-refractivity contribution in [2.75, 3.05) is 31.1 Å². The monoisotopic (exact) mass is 358 g/mol. The fourth-order valence-corrected chi connectivity index (χ4v) is 4.67. The van der Waals surface area contributed by atoms with Gasteiger partial charge in [-0.1, -0.05) is 12.1 Å². The fourth-order valence-electron chi connectivity index (χ4n) is 3.14. The highest BCUT2D eigenvalue weighted by atomic mass is 32.1. The number of hydrogen-bond donors (Lipinski definition) is 2. The van der Waals surface area contributed by atoms with Crippen molar-refractivity contribution in [3.8, 4) is 16.3 Å². The van der Waals surface area contributed by atoms with Gasteiger partial charge in [0.25, 0.3) is 0 Å². The van der Waals surface area contributed by atoms with Crippen LogP contribution in [-0.2, 0) is 6.54 Å². The Labute approximate surface area is 149 Å². The summed E-state index contributed by atoms with van der Waals surface area (Å²) in [6.45, 7) is 5.05. The van der Waals surface area contributed by atoms with Gasteiger partial charge in [0.05, 0.1) is 31.9 Å². The second kappa shape index (κ2) is 6.93. The number of benzene rings is 1. The zero-order chi connectivity index (χ0) is 16.4. The number of anilines is 1. The minimum atomic E-state index is 0.376. The molecule has 0 unspecified atom stereocenters. The Hall–Kier alpha value is -1.89. The van der Waals surface area contributed by atoms with Crippen molar-refractivity contribution >= 4 is 28.4 Å². The molecule has 2 aromatic heterocycles. The quantitative estimate of drug-likeness (QED) is 0.753. The highest BCUT2D eigenvalue weighted by Crippen LogP contribution is 2.27. The molecule has 1 fully saturated rings. The minimum Gasteiger partial charge on any atom is -0.506 e. The van der Waals surface area contributed by atoms with Gasteiger partial charge in [0.15, 0.2) is 0 Å².